The molecular formula is C27H28N2O5. The highest BCUT2D eigenvalue weighted by Gasteiger charge is 2.26. The van der Waals surface area contributed by atoms with Crippen molar-refractivity contribution in [2.75, 3.05) is 14.2 Å². The fourth-order valence-electron chi connectivity index (χ4n) is 5.00. The van der Waals surface area contributed by atoms with E-state index in [1.165, 1.54) is 11.6 Å². The van der Waals surface area contributed by atoms with E-state index in [1.807, 2.05) is 25.1 Å². The Morgan fingerprint density at radius 1 is 1.15 bits per heavy atom. The molecule has 1 amide bonds. The second-order valence-electron chi connectivity index (χ2n) is 8.85. The number of rotatable bonds is 6. The molecule has 1 aliphatic carbocycles. The van der Waals surface area contributed by atoms with Crippen molar-refractivity contribution in [1.82, 2.24) is 10.3 Å². The Labute approximate surface area is 197 Å². The Hall–Kier alpha value is -3.74. The van der Waals surface area contributed by atoms with Crippen LogP contribution >= 0.6 is 0 Å². The first-order valence-corrected chi connectivity index (χ1v) is 11.6. The van der Waals surface area contributed by atoms with Crippen molar-refractivity contribution in [2.24, 2.45) is 0 Å². The van der Waals surface area contributed by atoms with E-state index in [0.29, 0.717) is 24.2 Å². The fraction of sp³-hybridized carbons (Fsp3) is 0.333. The van der Waals surface area contributed by atoms with Gasteiger partial charge in [-0.1, -0.05) is 0 Å². The molecule has 2 N–H and O–H groups in total. The Balaban J connectivity index is 1.34. The van der Waals surface area contributed by atoms with E-state index < -0.39 is 0 Å². The maximum atomic E-state index is 12.9. The molecule has 2 aromatic carbocycles. The predicted octanol–water partition coefficient (Wildman–Crippen LogP) is 4.73. The van der Waals surface area contributed by atoms with Gasteiger partial charge in [-0.25, -0.2) is 4.79 Å². The van der Waals surface area contributed by atoms with Crippen LogP contribution in [-0.2, 0) is 17.6 Å². The molecule has 0 radical (unpaired) electrons. The zero-order chi connectivity index (χ0) is 23.8. The molecule has 2 aromatic heterocycles. The van der Waals surface area contributed by atoms with Gasteiger partial charge in [-0.05, 0) is 73.6 Å². The first-order valence-electron chi connectivity index (χ1n) is 11.6. The minimum Gasteiger partial charge on any atom is -0.497 e. The number of aromatic nitrogens is 1. The maximum Gasteiger partial charge on any atom is 0.336 e. The lowest BCUT2D eigenvalue weighted by Crippen LogP contribution is -2.31. The molecule has 1 atom stereocenters. The van der Waals surface area contributed by atoms with Crippen LogP contribution in [0.15, 0.2) is 45.6 Å². The SMILES string of the molecule is COc1ccc2[nH]c3c(c2c1)CCC[C@@H]3NC(=O)CCc1cc2c(C)cc(=O)oc2cc1OC. The van der Waals surface area contributed by atoms with Crippen molar-refractivity contribution in [3.63, 3.8) is 0 Å². The molecule has 34 heavy (non-hydrogen) atoms. The highest BCUT2D eigenvalue weighted by molar-refractivity contribution is 5.87. The van der Waals surface area contributed by atoms with E-state index in [-0.39, 0.29) is 17.6 Å². The number of benzene rings is 2. The molecule has 0 saturated heterocycles. The highest BCUT2D eigenvalue weighted by Crippen LogP contribution is 2.36. The number of ether oxygens (including phenoxy) is 2. The lowest BCUT2D eigenvalue weighted by Gasteiger charge is -2.24. The number of amides is 1. The summed E-state index contributed by atoms with van der Waals surface area (Å²) in [4.78, 5) is 28.2. The maximum absolute atomic E-state index is 12.9. The molecule has 0 aliphatic heterocycles. The second-order valence-corrected chi connectivity index (χ2v) is 8.85. The summed E-state index contributed by atoms with van der Waals surface area (Å²) >= 11 is 0. The topological polar surface area (TPSA) is 93.6 Å². The number of aryl methyl sites for hydroxylation is 3. The molecule has 176 valence electrons. The summed E-state index contributed by atoms with van der Waals surface area (Å²) in [7, 11) is 3.25. The number of H-pyrrole nitrogens is 1. The predicted molar refractivity (Wildman–Crippen MR) is 131 cm³/mol. The summed E-state index contributed by atoms with van der Waals surface area (Å²) in [6.45, 7) is 1.87. The molecule has 5 rings (SSSR count). The molecule has 0 unspecified atom stereocenters. The van der Waals surface area contributed by atoms with Crippen LogP contribution in [0.5, 0.6) is 11.5 Å². The molecule has 7 heteroatoms. The third-order valence-corrected chi connectivity index (χ3v) is 6.72. The van der Waals surface area contributed by atoms with Crippen LogP contribution < -0.4 is 20.4 Å². The Bertz CT molecular complexity index is 1450. The van der Waals surface area contributed by atoms with Gasteiger partial charge >= 0.3 is 5.63 Å². The fourth-order valence-corrected chi connectivity index (χ4v) is 5.00. The molecule has 0 spiro atoms. The number of methoxy groups -OCH3 is 2. The van der Waals surface area contributed by atoms with Crippen LogP contribution in [0.2, 0.25) is 0 Å². The Morgan fingerprint density at radius 3 is 2.79 bits per heavy atom. The van der Waals surface area contributed by atoms with E-state index in [9.17, 15) is 9.59 Å². The highest BCUT2D eigenvalue weighted by atomic mass is 16.5. The van der Waals surface area contributed by atoms with E-state index in [2.05, 4.69) is 16.4 Å². The summed E-state index contributed by atoms with van der Waals surface area (Å²) in [6.07, 6.45) is 3.76. The Kier molecular flexibility index (Phi) is 5.77. The van der Waals surface area contributed by atoms with Gasteiger partial charge < -0.3 is 24.2 Å². The van der Waals surface area contributed by atoms with E-state index in [4.69, 9.17) is 13.9 Å². The van der Waals surface area contributed by atoms with Crippen molar-refractivity contribution in [1.29, 1.82) is 0 Å². The number of fused-ring (bicyclic) bond motifs is 4. The number of carbonyl (C=O) groups excluding carboxylic acids is 1. The molecule has 0 bridgehead atoms. The number of nitrogens with one attached hydrogen (secondary N) is 2. The van der Waals surface area contributed by atoms with Gasteiger partial charge in [-0.2, -0.15) is 0 Å². The quantitative estimate of drug-likeness (QED) is 0.406. The van der Waals surface area contributed by atoms with Crippen LogP contribution in [0.1, 0.15) is 47.7 Å². The van der Waals surface area contributed by atoms with E-state index >= 15 is 0 Å². The molecule has 7 nitrogen and oxygen atoms in total. The lowest BCUT2D eigenvalue weighted by molar-refractivity contribution is -0.121. The molecule has 0 fully saturated rings. The normalized spacial score (nSPS) is 15.3. The zero-order valence-electron chi connectivity index (χ0n) is 19.6. The van der Waals surface area contributed by atoms with Crippen molar-refractivity contribution in [3.05, 3.63) is 69.2 Å². The van der Waals surface area contributed by atoms with Crippen LogP contribution in [-0.4, -0.2) is 25.1 Å². The number of aromatic amines is 1. The van der Waals surface area contributed by atoms with Crippen LogP contribution in [0.25, 0.3) is 21.9 Å². The van der Waals surface area contributed by atoms with E-state index in [0.717, 1.165) is 58.1 Å². The molecule has 1 aliphatic rings. The number of hydrogen-bond donors (Lipinski definition) is 2. The van der Waals surface area contributed by atoms with Crippen LogP contribution in [0.4, 0.5) is 0 Å². The van der Waals surface area contributed by atoms with Crippen LogP contribution in [0.3, 0.4) is 0 Å². The lowest BCUT2D eigenvalue weighted by atomic mass is 9.91. The summed E-state index contributed by atoms with van der Waals surface area (Å²) in [5.74, 6) is 1.44. The molecule has 2 heterocycles. The van der Waals surface area contributed by atoms with Gasteiger partial charge in [-0.3, -0.25) is 4.79 Å². The first kappa shape index (κ1) is 22.1. The monoisotopic (exact) mass is 460 g/mol. The van der Waals surface area contributed by atoms with Gasteiger partial charge in [0, 0.05) is 40.5 Å². The average molecular weight is 461 g/mol. The van der Waals surface area contributed by atoms with Crippen molar-refractivity contribution < 1.29 is 18.7 Å². The summed E-state index contributed by atoms with van der Waals surface area (Å²) < 4.78 is 16.2. The van der Waals surface area contributed by atoms with Gasteiger partial charge in [0.25, 0.3) is 0 Å². The third kappa shape index (κ3) is 4.02. The summed E-state index contributed by atoms with van der Waals surface area (Å²) in [5, 5.41) is 5.24. The second kappa shape index (κ2) is 8.89. The minimum absolute atomic E-state index is 0.00690. The van der Waals surface area contributed by atoms with E-state index in [1.54, 1.807) is 20.3 Å². The van der Waals surface area contributed by atoms with Crippen molar-refractivity contribution in [2.45, 2.75) is 45.1 Å². The standard InChI is InChI=1S/C27H28N2O5/c1-15-11-26(31)34-24-14-23(33-3)16(12-19(15)24)7-10-25(30)28-22-6-4-5-18-20-13-17(32-2)8-9-21(20)29-27(18)22/h8-9,11-14,22,29H,4-7,10H2,1-3H3,(H,28,30)/t22-/m0/s1. The third-order valence-electron chi connectivity index (χ3n) is 6.72. The molecule has 4 aromatic rings. The van der Waals surface area contributed by atoms with Crippen molar-refractivity contribution in [3.8, 4) is 11.5 Å². The zero-order valence-corrected chi connectivity index (χ0v) is 19.6. The van der Waals surface area contributed by atoms with Crippen LogP contribution in [0, 0.1) is 6.92 Å². The smallest absolute Gasteiger partial charge is 0.336 e. The van der Waals surface area contributed by atoms with Gasteiger partial charge in [0.1, 0.15) is 17.1 Å². The minimum atomic E-state index is -0.388. The van der Waals surface area contributed by atoms with Gasteiger partial charge in [-0.15, -0.1) is 0 Å². The van der Waals surface area contributed by atoms with Gasteiger partial charge in [0.05, 0.1) is 20.3 Å². The van der Waals surface area contributed by atoms with Crippen molar-refractivity contribution >= 4 is 27.8 Å². The first-order chi connectivity index (χ1) is 16.5. The van der Waals surface area contributed by atoms with Gasteiger partial charge in [0.15, 0.2) is 0 Å². The number of carbonyl (C=O) groups is 1. The molecule has 0 saturated carbocycles. The summed E-state index contributed by atoms with van der Waals surface area (Å²) in [6, 6.07) is 11.1. The molecular weight excluding hydrogens is 432 g/mol. The van der Waals surface area contributed by atoms with Gasteiger partial charge in [0.2, 0.25) is 5.91 Å². The largest absolute Gasteiger partial charge is 0.497 e. The number of hydrogen-bond acceptors (Lipinski definition) is 5. The average Bonchev–Trinajstić information content (AvgIpc) is 3.21. The summed E-state index contributed by atoms with van der Waals surface area (Å²) in [5.41, 5.74) is 5.26. The Morgan fingerprint density at radius 2 is 2.00 bits per heavy atom.